The monoisotopic (exact) mass is 309 g/mol. The Labute approximate surface area is 130 Å². The van der Waals surface area contributed by atoms with Gasteiger partial charge in [-0.05, 0) is 32.0 Å². The maximum Gasteiger partial charge on any atom is 0.162 e. The van der Waals surface area contributed by atoms with E-state index in [-0.39, 0.29) is 12.4 Å². The van der Waals surface area contributed by atoms with E-state index in [2.05, 4.69) is 15.3 Å². The number of aromatic nitrogens is 2. The van der Waals surface area contributed by atoms with Gasteiger partial charge in [0.2, 0.25) is 0 Å². The molecule has 0 spiro atoms. The lowest BCUT2D eigenvalue weighted by atomic mass is 9.92. The topological polar surface area (TPSA) is 56.3 Å². The molecule has 5 nitrogen and oxygen atoms in total. The minimum absolute atomic E-state index is 0. The Kier molecular flexibility index (Phi) is 5.20. The van der Waals surface area contributed by atoms with Gasteiger partial charge < -0.3 is 14.8 Å². The normalized spacial score (nSPS) is 15.5. The highest BCUT2D eigenvalue weighted by atomic mass is 35.5. The lowest BCUT2D eigenvalue weighted by Crippen LogP contribution is -2.27. The summed E-state index contributed by atoms with van der Waals surface area (Å²) < 4.78 is 10.7. The molecule has 1 aliphatic heterocycles. The number of hydrogen-bond donors (Lipinski definition) is 1. The van der Waals surface area contributed by atoms with Crippen molar-refractivity contribution < 1.29 is 9.47 Å². The molecule has 1 saturated heterocycles. The first-order valence-electron chi connectivity index (χ1n) is 6.91. The van der Waals surface area contributed by atoms with Crippen molar-refractivity contribution in [2.24, 2.45) is 0 Å². The molecule has 0 aliphatic carbocycles. The maximum atomic E-state index is 5.39. The molecule has 0 radical (unpaired) electrons. The Bertz CT molecular complexity index is 615. The van der Waals surface area contributed by atoms with Gasteiger partial charge in [-0.2, -0.15) is 0 Å². The van der Waals surface area contributed by atoms with Crippen molar-refractivity contribution in [1.29, 1.82) is 0 Å². The molecule has 0 saturated carbocycles. The minimum Gasteiger partial charge on any atom is -0.493 e. The van der Waals surface area contributed by atoms with Crippen molar-refractivity contribution in [3.63, 3.8) is 0 Å². The van der Waals surface area contributed by atoms with E-state index in [0.29, 0.717) is 11.7 Å². The molecule has 1 aromatic heterocycles. The Hall–Kier alpha value is -1.59. The number of benzene rings is 1. The van der Waals surface area contributed by atoms with Crippen LogP contribution in [0.25, 0.3) is 10.9 Å². The first-order valence-corrected chi connectivity index (χ1v) is 6.91. The second-order valence-electron chi connectivity index (χ2n) is 5.01. The summed E-state index contributed by atoms with van der Waals surface area (Å²) in [4.78, 5) is 8.88. The van der Waals surface area contributed by atoms with Gasteiger partial charge in [0.1, 0.15) is 6.33 Å². The van der Waals surface area contributed by atoms with Gasteiger partial charge in [-0.1, -0.05) is 0 Å². The van der Waals surface area contributed by atoms with Gasteiger partial charge in [0.05, 0.1) is 25.4 Å². The van der Waals surface area contributed by atoms with Gasteiger partial charge in [0, 0.05) is 17.4 Å². The van der Waals surface area contributed by atoms with E-state index in [1.807, 2.05) is 12.1 Å². The summed E-state index contributed by atoms with van der Waals surface area (Å²) in [7, 11) is 3.29. The highest BCUT2D eigenvalue weighted by Crippen LogP contribution is 2.35. The van der Waals surface area contributed by atoms with E-state index in [0.717, 1.165) is 48.3 Å². The summed E-state index contributed by atoms with van der Waals surface area (Å²) in [5.74, 6) is 1.92. The van der Waals surface area contributed by atoms with Gasteiger partial charge in [-0.25, -0.2) is 9.97 Å². The van der Waals surface area contributed by atoms with Gasteiger partial charge >= 0.3 is 0 Å². The Morgan fingerprint density at radius 2 is 1.71 bits per heavy atom. The van der Waals surface area contributed by atoms with Crippen LogP contribution in [0, 0.1) is 0 Å². The van der Waals surface area contributed by atoms with Crippen LogP contribution >= 0.6 is 12.4 Å². The van der Waals surface area contributed by atoms with Crippen molar-refractivity contribution >= 4 is 23.3 Å². The zero-order chi connectivity index (χ0) is 13.9. The van der Waals surface area contributed by atoms with E-state index in [1.165, 1.54) is 0 Å². The number of nitrogens with one attached hydrogen (secondary N) is 1. The highest BCUT2D eigenvalue weighted by Gasteiger charge is 2.20. The maximum absolute atomic E-state index is 5.39. The van der Waals surface area contributed by atoms with Crippen LogP contribution in [-0.4, -0.2) is 37.3 Å². The fourth-order valence-electron chi connectivity index (χ4n) is 2.82. The number of ether oxygens (including phenoxy) is 2. The lowest BCUT2D eigenvalue weighted by molar-refractivity contribution is 0.355. The van der Waals surface area contributed by atoms with Gasteiger partial charge in [0.15, 0.2) is 11.5 Å². The molecule has 2 aromatic rings. The summed E-state index contributed by atoms with van der Waals surface area (Å²) in [6.07, 6.45) is 3.87. The summed E-state index contributed by atoms with van der Waals surface area (Å²) >= 11 is 0. The number of fused-ring (bicyclic) bond motifs is 1. The quantitative estimate of drug-likeness (QED) is 0.944. The third-order valence-corrected chi connectivity index (χ3v) is 3.90. The zero-order valence-electron chi connectivity index (χ0n) is 12.3. The number of piperidine rings is 1. The average molecular weight is 310 g/mol. The predicted octanol–water partition coefficient (Wildman–Crippen LogP) is 2.54. The molecule has 1 aliphatic rings. The SMILES string of the molecule is COc1cc2ncnc(C3CCNCC3)c2cc1OC.Cl. The molecule has 21 heavy (non-hydrogen) atoms. The molecule has 1 fully saturated rings. The lowest BCUT2D eigenvalue weighted by Gasteiger charge is -2.23. The number of halogens is 1. The van der Waals surface area contributed by atoms with Crippen molar-refractivity contribution in [2.75, 3.05) is 27.3 Å². The molecule has 1 N–H and O–H groups in total. The number of rotatable bonds is 3. The molecule has 1 aromatic carbocycles. The largest absolute Gasteiger partial charge is 0.493 e. The highest BCUT2D eigenvalue weighted by molar-refractivity contribution is 5.85. The number of hydrogen-bond acceptors (Lipinski definition) is 5. The Morgan fingerprint density at radius 1 is 1.05 bits per heavy atom. The zero-order valence-corrected chi connectivity index (χ0v) is 13.1. The molecular weight excluding hydrogens is 290 g/mol. The summed E-state index contributed by atoms with van der Waals surface area (Å²) in [5, 5.41) is 4.45. The van der Waals surface area contributed by atoms with Crippen LogP contribution < -0.4 is 14.8 Å². The van der Waals surface area contributed by atoms with Crippen LogP contribution in [0.2, 0.25) is 0 Å². The summed E-state index contributed by atoms with van der Waals surface area (Å²) in [6, 6.07) is 3.91. The molecule has 0 unspecified atom stereocenters. The molecule has 0 bridgehead atoms. The van der Waals surface area contributed by atoms with Gasteiger partial charge in [0.25, 0.3) is 0 Å². The third kappa shape index (κ3) is 3.04. The van der Waals surface area contributed by atoms with Gasteiger partial charge in [-0.3, -0.25) is 0 Å². The molecular formula is C15H20ClN3O2. The fraction of sp³-hybridized carbons (Fsp3) is 0.467. The number of nitrogens with zero attached hydrogens (tertiary/aromatic N) is 2. The van der Waals surface area contributed by atoms with Crippen LogP contribution in [0.4, 0.5) is 0 Å². The second-order valence-corrected chi connectivity index (χ2v) is 5.01. The second kappa shape index (κ2) is 6.91. The van der Waals surface area contributed by atoms with Crippen LogP contribution in [-0.2, 0) is 0 Å². The van der Waals surface area contributed by atoms with Crippen LogP contribution in [0.15, 0.2) is 18.5 Å². The molecule has 0 amide bonds. The smallest absolute Gasteiger partial charge is 0.162 e. The molecule has 114 valence electrons. The summed E-state index contributed by atoms with van der Waals surface area (Å²) in [5.41, 5.74) is 2.03. The number of methoxy groups -OCH3 is 2. The van der Waals surface area contributed by atoms with E-state index in [9.17, 15) is 0 Å². The van der Waals surface area contributed by atoms with E-state index < -0.39 is 0 Å². The van der Waals surface area contributed by atoms with Crippen LogP contribution in [0.5, 0.6) is 11.5 Å². The molecule has 6 heteroatoms. The van der Waals surface area contributed by atoms with Crippen molar-refractivity contribution in [2.45, 2.75) is 18.8 Å². The fourth-order valence-corrected chi connectivity index (χ4v) is 2.82. The van der Waals surface area contributed by atoms with E-state index in [1.54, 1.807) is 20.5 Å². The first kappa shape index (κ1) is 15.8. The predicted molar refractivity (Wildman–Crippen MR) is 84.7 cm³/mol. The van der Waals surface area contributed by atoms with Gasteiger partial charge in [-0.15, -0.1) is 12.4 Å². The van der Waals surface area contributed by atoms with Crippen molar-refractivity contribution in [3.8, 4) is 11.5 Å². The van der Waals surface area contributed by atoms with Crippen LogP contribution in [0.3, 0.4) is 0 Å². The van der Waals surface area contributed by atoms with Crippen LogP contribution in [0.1, 0.15) is 24.5 Å². The summed E-state index contributed by atoms with van der Waals surface area (Å²) in [6.45, 7) is 2.09. The van der Waals surface area contributed by atoms with Crippen molar-refractivity contribution in [1.82, 2.24) is 15.3 Å². The van der Waals surface area contributed by atoms with E-state index in [4.69, 9.17) is 9.47 Å². The van der Waals surface area contributed by atoms with E-state index >= 15 is 0 Å². The van der Waals surface area contributed by atoms with Crippen molar-refractivity contribution in [3.05, 3.63) is 24.2 Å². The molecule has 0 atom stereocenters. The standard InChI is InChI=1S/C15H19N3O2.ClH/c1-19-13-7-11-12(8-14(13)20-2)17-9-18-15(11)10-3-5-16-6-4-10;/h7-10,16H,3-6H2,1-2H3;1H. The first-order chi connectivity index (χ1) is 9.83. The molecule has 2 heterocycles. The third-order valence-electron chi connectivity index (χ3n) is 3.90. The average Bonchev–Trinajstić information content (AvgIpc) is 2.53. The minimum atomic E-state index is 0. The Morgan fingerprint density at radius 3 is 2.38 bits per heavy atom. The Balaban J connectivity index is 0.00000161. The molecule has 3 rings (SSSR count).